The van der Waals surface area contributed by atoms with Gasteiger partial charge in [-0.1, -0.05) is 40.2 Å². The number of carbonyl (C=O) groups excluding carboxylic acids is 3. The first-order chi connectivity index (χ1) is 13.0. The number of hydrogen-bond acceptors (Lipinski definition) is 3. The normalized spacial score (nSPS) is 21.0. The Morgan fingerprint density at radius 3 is 2.52 bits per heavy atom. The number of fused-ring (bicyclic) bond motifs is 1. The molecule has 0 radical (unpaired) electrons. The Kier molecular flexibility index (Phi) is 4.35. The van der Waals surface area contributed by atoms with Gasteiger partial charge in [0.15, 0.2) is 0 Å². The number of rotatable bonds is 2. The number of nitrogens with zero attached hydrogens (tertiary/aromatic N) is 1. The van der Waals surface area contributed by atoms with E-state index in [1.165, 1.54) is 5.56 Å². The molecule has 7 nitrogen and oxygen atoms in total. The van der Waals surface area contributed by atoms with Gasteiger partial charge in [0, 0.05) is 16.6 Å². The Morgan fingerprint density at radius 2 is 1.78 bits per heavy atom. The summed E-state index contributed by atoms with van der Waals surface area (Å²) in [5, 5.41) is 6.14. The van der Waals surface area contributed by atoms with E-state index in [9.17, 15) is 14.4 Å². The molecule has 2 aromatic rings. The largest absolute Gasteiger partial charge is 0.344 e. The summed E-state index contributed by atoms with van der Waals surface area (Å²) in [5.74, 6) is -0.437. The summed E-state index contributed by atoms with van der Waals surface area (Å²) in [6.45, 7) is 0. The van der Waals surface area contributed by atoms with Gasteiger partial charge in [0.2, 0.25) is 0 Å². The molecule has 2 aromatic carbocycles. The monoisotopic (exact) mass is 428 g/mol. The molecule has 27 heavy (non-hydrogen) atoms. The van der Waals surface area contributed by atoms with Crippen LogP contribution in [-0.2, 0) is 17.6 Å². The highest BCUT2D eigenvalue weighted by atomic mass is 79.9. The molecule has 3 N–H and O–H groups in total. The third kappa shape index (κ3) is 3.28. The van der Waals surface area contributed by atoms with Crippen LogP contribution in [0.15, 0.2) is 53.0 Å². The smallest absolute Gasteiger partial charge is 0.321 e. The maximum Gasteiger partial charge on any atom is 0.344 e. The summed E-state index contributed by atoms with van der Waals surface area (Å²) in [4.78, 5) is 37.5. The lowest BCUT2D eigenvalue weighted by Gasteiger charge is -2.32. The molecule has 1 spiro atoms. The molecule has 1 saturated heterocycles. The molecule has 1 unspecified atom stereocenters. The second-order valence-electron chi connectivity index (χ2n) is 6.67. The summed E-state index contributed by atoms with van der Waals surface area (Å²) in [6.07, 6.45) is 1.61. The van der Waals surface area contributed by atoms with Gasteiger partial charge in [-0.2, -0.15) is 5.01 Å². The number of hydrogen-bond donors (Lipinski definition) is 3. The van der Waals surface area contributed by atoms with E-state index in [-0.39, 0.29) is 0 Å². The minimum atomic E-state index is -1.00. The van der Waals surface area contributed by atoms with Gasteiger partial charge in [0.25, 0.3) is 5.91 Å². The van der Waals surface area contributed by atoms with Crippen LogP contribution in [0.25, 0.3) is 0 Å². The molecule has 0 saturated carbocycles. The van der Waals surface area contributed by atoms with Crippen LogP contribution in [0.5, 0.6) is 0 Å². The summed E-state index contributed by atoms with van der Waals surface area (Å²) in [5.41, 5.74) is 4.11. The first-order valence-corrected chi connectivity index (χ1v) is 9.33. The van der Waals surface area contributed by atoms with Gasteiger partial charge < -0.3 is 10.6 Å². The van der Waals surface area contributed by atoms with Crippen molar-refractivity contribution in [3.8, 4) is 0 Å². The molecule has 1 fully saturated rings. The molecule has 1 atom stereocenters. The predicted molar refractivity (Wildman–Crippen MR) is 103 cm³/mol. The minimum absolute atomic E-state index is 0.417. The van der Waals surface area contributed by atoms with Crippen molar-refractivity contribution in [1.29, 1.82) is 0 Å². The molecule has 1 heterocycles. The molecule has 8 heteroatoms. The number of hydrazine groups is 1. The number of nitrogens with one attached hydrogen (secondary N) is 3. The van der Waals surface area contributed by atoms with Crippen LogP contribution in [0.3, 0.4) is 0 Å². The van der Waals surface area contributed by atoms with Crippen molar-refractivity contribution in [2.45, 2.75) is 24.8 Å². The SMILES string of the molecule is O=C(Nc1ccc(Br)cc1)NN1C(=O)NC2(CCc3ccccc3C2)C1=O. The number of benzene rings is 2. The fourth-order valence-electron chi connectivity index (χ4n) is 3.54. The van der Waals surface area contributed by atoms with E-state index in [2.05, 4.69) is 32.0 Å². The van der Waals surface area contributed by atoms with E-state index in [1.807, 2.05) is 24.3 Å². The van der Waals surface area contributed by atoms with Gasteiger partial charge in [-0.3, -0.25) is 4.79 Å². The molecule has 1 aliphatic heterocycles. The van der Waals surface area contributed by atoms with Crippen LogP contribution >= 0.6 is 15.9 Å². The fraction of sp³-hybridized carbons (Fsp3) is 0.211. The Bertz CT molecular complexity index is 931. The third-order valence-corrected chi connectivity index (χ3v) is 5.44. The maximum atomic E-state index is 12.9. The fourth-order valence-corrected chi connectivity index (χ4v) is 3.80. The van der Waals surface area contributed by atoms with Crippen LogP contribution in [0, 0.1) is 0 Å². The van der Waals surface area contributed by atoms with Gasteiger partial charge in [-0.15, -0.1) is 0 Å². The van der Waals surface area contributed by atoms with Gasteiger partial charge in [-0.25, -0.2) is 15.0 Å². The molecule has 4 rings (SSSR count). The van der Waals surface area contributed by atoms with Crippen LogP contribution in [0.2, 0.25) is 0 Å². The first kappa shape index (κ1) is 17.5. The van der Waals surface area contributed by atoms with Crippen LogP contribution in [0.4, 0.5) is 15.3 Å². The molecular formula is C19H17BrN4O3. The second kappa shape index (κ2) is 6.70. The topological polar surface area (TPSA) is 90.5 Å². The van der Waals surface area contributed by atoms with Crippen molar-refractivity contribution in [1.82, 2.24) is 15.8 Å². The zero-order valence-electron chi connectivity index (χ0n) is 14.3. The number of imide groups is 1. The standard InChI is InChI=1S/C19H17BrN4O3/c20-14-5-7-15(8-6-14)21-17(26)23-24-16(25)19(22-18(24)27)10-9-12-3-1-2-4-13(12)11-19/h1-8H,9-11H2,(H,22,27)(H2,21,23,26). The summed E-state index contributed by atoms with van der Waals surface area (Å²) in [7, 11) is 0. The Morgan fingerprint density at radius 1 is 1.07 bits per heavy atom. The van der Waals surface area contributed by atoms with E-state index in [0.29, 0.717) is 24.9 Å². The Balaban J connectivity index is 1.47. The molecule has 138 valence electrons. The zero-order valence-corrected chi connectivity index (χ0v) is 15.9. The van der Waals surface area contributed by atoms with Gasteiger partial charge in [0.05, 0.1) is 0 Å². The quantitative estimate of drug-likeness (QED) is 0.642. The van der Waals surface area contributed by atoms with E-state index >= 15 is 0 Å². The van der Waals surface area contributed by atoms with Crippen LogP contribution < -0.4 is 16.1 Å². The zero-order chi connectivity index (χ0) is 19.0. The van der Waals surface area contributed by atoms with E-state index in [4.69, 9.17) is 0 Å². The highest BCUT2D eigenvalue weighted by Gasteiger charge is 2.53. The van der Waals surface area contributed by atoms with Crippen molar-refractivity contribution >= 4 is 39.6 Å². The highest BCUT2D eigenvalue weighted by Crippen LogP contribution is 2.33. The maximum absolute atomic E-state index is 12.9. The highest BCUT2D eigenvalue weighted by molar-refractivity contribution is 9.10. The lowest BCUT2D eigenvalue weighted by molar-refractivity contribution is -0.133. The Labute approximate surface area is 164 Å². The van der Waals surface area contributed by atoms with Crippen LogP contribution in [0.1, 0.15) is 17.5 Å². The van der Waals surface area contributed by atoms with Crippen molar-refractivity contribution < 1.29 is 14.4 Å². The van der Waals surface area contributed by atoms with E-state index in [0.717, 1.165) is 15.0 Å². The lowest BCUT2D eigenvalue weighted by Crippen LogP contribution is -2.53. The molecular weight excluding hydrogens is 412 g/mol. The molecule has 2 aliphatic rings. The number of aryl methyl sites for hydroxylation is 1. The van der Waals surface area contributed by atoms with Gasteiger partial charge in [-0.05, 0) is 48.2 Å². The average molecular weight is 429 g/mol. The lowest BCUT2D eigenvalue weighted by atomic mass is 9.78. The minimum Gasteiger partial charge on any atom is -0.321 e. The summed E-state index contributed by atoms with van der Waals surface area (Å²) < 4.78 is 0.877. The second-order valence-corrected chi connectivity index (χ2v) is 7.59. The van der Waals surface area contributed by atoms with E-state index < -0.39 is 23.5 Å². The summed E-state index contributed by atoms with van der Waals surface area (Å²) in [6, 6.07) is 13.6. The molecule has 0 aromatic heterocycles. The molecule has 1 aliphatic carbocycles. The average Bonchev–Trinajstić information content (AvgIpc) is 2.87. The van der Waals surface area contributed by atoms with Crippen LogP contribution in [-0.4, -0.2) is 28.5 Å². The third-order valence-electron chi connectivity index (χ3n) is 4.91. The molecule has 0 bridgehead atoms. The number of halogens is 1. The van der Waals surface area contributed by atoms with Gasteiger partial charge in [0.1, 0.15) is 5.54 Å². The van der Waals surface area contributed by atoms with Gasteiger partial charge >= 0.3 is 12.1 Å². The number of anilines is 1. The first-order valence-electron chi connectivity index (χ1n) is 8.54. The Hall–Kier alpha value is -2.87. The number of amides is 5. The van der Waals surface area contributed by atoms with Crippen molar-refractivity contribution in [3.63, 3.8) is 0 Å². The molecule has 5 amide bonds. The van der Waals surface area contributed by atoms with Crippen molar-refractivity contribution in [2.24, 2.45) is 0 Å². The number of carbonyl (C=O) groups is 3. The van der Waals surface area contributed by atoms with Crippen molar-refractivity contribution in [2.75, 3.05) is 5.32 Å². The van der Waals surface area contributed by atoms with Crippen molar-refractivity contribution in [3.05, 3.63) is 64.1 Å². The predicted octanol–water partition coefficient (Wildman–Crippen LogP) is 2.97. The number of urea groups is 2. The summed E-state index contributed by atoms with van der Waals surface area (Å²) >= 11 is 3.32. The van der Waals surface area contributed by atoms with E-state index in [1.54, 1.807) is 24.3 Å².